The van der Waals surface area contributed by atoms with Crippen LogP contribution in [0.15, 0.2) is 59.7 Å². The van der Waals surface area contributed by atoms with Crippen LogP contribution < -0.4 is 10.5 Å². The van der Waals surface area contributed by atoms with Gasteiger partial charge in [-0.05, 0) is 66.9 Å². The summed E-state index contributed by atoms with van der Waals surface area (Å²) >= 11 is 0. The van der Waals surface area contributed by atoms with E-state index in [9.17, 15) is 13.6 Å². The molecule has 0 spiro atoms. The minimum Gasteiger partial charge on any atom is -0.487 e. The summed E-state index contributed by atoms with van der Waals surface area (Å²) in [6.07, 6.45) is 1.95. The van der Waals surface area contributed by atoms with Crippen molar-refractivity contribution < 1.29 is 18.3 Å². The third kappa shape index (κ3) is 3.49. The number of rotatable bonds is 3. The Kier molecular flexibility index (Phi) is 5.60. The number of benzene rings is 2. The molecule has 5 rings (SSSR count). The predicted octanol–water partition coefficient (Wildman–Crippen LogP) is 4.19. The highest BCUT2D eigenvalue weighted by Crippen LogP contribution is 2.44. The third-order valence-electron chi connectivity index (χ3n) is 6.15. The molecule has 34 heavy (non-hydrogen) atoms. The van der Waals surface area contributed by atoms with Crippen LogP contribution in [0.3, 0.4) is 0 Å². The highest BCUT2D eigenvalue weighted by Gasteiger charge is 2.50. The van der Waals surface area contributed by atoms with Gasteiger partial charge in [-0.25, -0.2) is 14.4 Å². The molecule has 0 saturated carbocycles. The van der Waals surface area contributed by atoms with Crippen molar-refractivity contribution in [1.82, 2.24) is 9.88 Å². The number of guanidine groups is 1. The van der Waals surface area contributed by atoms with Crippen molar-refractivity contribution in [2.24, 2.45) is 10.7 Å². The first-order valence-electron chi connectivity index (χ1n) is 10.5. The molecule has 2 aliphatic heterocycles. The Balaban J connectivity index is 0.00000274. The van der Waals surface area contributed by atoms with Crippen molar-refractivity contribution in [2.45, 2.75) is 31.4 Å². The van der Waals surface area contributed by atoms with E-state index < -0.39 is 17.3 Å². The molecule has 1 unspecified atom stereocenters. The lowest BCUT2D eigenvalue weighted by Gasteiger charge is -2.27. The average molecular weight is 485 g/mol. The van der Waals surface area contributed by atoms with E-state index in [4.69, 9.17) is 10.5 Å². The van der Waals surface area contributed by atoms with Gasteiger partial charge < -0.3 is 10.5 Å². The SMILES string of the molecule is CN1C(=O)C(c2ccc3c(c2)CC(C)(C)O3)(c2ccc(F)c(-c3cccnc3F)c2)N=C1N.Cl. The molecule has 2 aliphatic rings. The number of carbonyl (C=O) groups is 1. The van der Waals surface area contributed by atoms with E-state index in [0.717, 1.165) is 11.3 Å². The van der Waals surface area contributed by atoms with E-state index in [1.807, 2.05) is 26.0 Å². The Hall–Kier alpha value is -3.52. The molecule has 1 atom stereocenters. The van der Waals surface area contributed by atoms with Gasteiger partial charge in [0.15, 0.2) is 11.5 Å². The largest absolute Gasteiger partial charge is 0.487 e. The molecule has 1 aromatic heterocycles. The molecule has 3 heterocycles. The third-order valence-corrected chi connectivity index (χ3v) is 6.15. The fourth-order valence-corrected chi connectivity index (χ4v) is 4.56. The van der Waals surface area contributed by atoms with Crippen molar-refractivity contribution in [2.75, 3.05) is 7.05 Å². The van der Waals surface area contributed by atoms with Crippen molar-refractivity contribution in [3.8, 4) is 16.9 Å². The van der Waals surface area contributed by atoms with Crippen LogP contribution >= 0.6 is 12.4 Å². The van der Waals surface area contributed by atoms with E-state index in [0.29, 0.717) is 17.5 Å². The topological polar surface area (TPSA) is 80.8 Å². The molecule has 3 aromatic rings. The number of nitrogens with two attached hydrogens (primary N) is 1. The second-order valence-electron chi connectivity index (χ2n) is 8.94. The summed E-state index contributed by atoms with van der Waals surface area (Å²) in [5.74, 6) is -1.05. The zero-order valence-corrected chi connectivity index (χ0v) is 19.6. The molecule has 0 radical (unpaired) electrons. The number of ether oxygens (including phenoxy) is 1. The number of halogens is 3. The maximum atomic E-state index is 14.8. The minimum atomic E-state index is -1.54. The first kappa shape index (κ1) is 23.6. The molecular formula is C25H23ClF2N4O2. The number of hydrogen-bond acceptors (Lipinski definition) is 5. The highest BCUT2D eigenvalue weighted by atomic mass is 35.5. The van der Waals surface area contributed by atoms with Crippen LogP contribution in [0, 0.1) is 11.8 Å². The molecule has 2 N–H and O–H groups in total. The number of aromatic nitrogens is 1. The number of carbonyl (C=O) groups excluding carboxylic acids is 1. The van der Waals surface area contributed by atoms with Gasteiger partial charge in [0.1, 0.15) is 17.2 Å². The number of hydrogen-bond donors (Lipinski definition) is 1. The lowest BCUT2D eigenvalue weighted by Crippen LogP contribution is -2.41. The van der Waals surface area contributed by atoms with Crippen LogP contribution in [0.5, 0.6) is 5.75 Å². The molecule has 6 nitrogen and oxygen atoms in total. The van der Waals surface area contributed by atoms with Gasteiger partial charge in [0.2, 0.25) is 5.95 Å². The zero-order valence-electron chi connectivity index (χ0n) is 18.8. The smallest absolute Gasteiger partial charge is 0.266 e. The van der Waals surface area contributed by atoms with Crippen LogP contribution in [0.1, 0.15) is 30.5 Å². The zero-order chi connectivity index (χ0) is 23.5. The summed E-state index contributed by atoms with van der Waals surface area (Å²) in [4.78, 5) is 23.0. The van der Waals surface area contributed by atoms with Crippen molar-refractivity contribution in [1.29, 1.82) is 0 Å². The monoisotopic (exact) mass is 484 g/mol. The van der Waals surface area contributed by atoms with Crippen LogP contribution in [-0.2, 0) is 16.8 Å². The van der Waals surface area contributed by atoms with Gasteiger partial charge in [0, 0.05) is 30.8 Å². The number of amides is 1. The molecule has 176 valence electrons. The maximum Gasteiger partial charge on any atom is 0.266 e. The van der Waals surface area contributed by atoms with Gasteiger partial charge in [-0.3, -0.25) is 9.69 Å². The molecule has 0 saturated heterocycles. The average Bonchev–Trinajstić information content (AvgIpc) is 3.21. The quantitative estimate of drug-likeness (QED) is 0.565. The molecule has 1 amide bonds. The van der Waals surface area contributed by atoms with E-state index >= 15 is 0 Å². The van der Waals surface area contributed by atoms with Crippen LogP contribution in [0.2, 0.25) is 0 Å². The van der Waals surface area contributed by atoms with Crippen LogP contribution in [0.25, 0.3) is 11.1 Å². The fraction of sp³-hybridized carbons (Fsp3) is 0.240. The van der Waals surface area contributed by atoms with Gasteiger partial charge in [-0.2, -0.15) is 4.39 Å². The summed E-state index contributed by atoms with van der Waals surface area (Å²) in [6.45, 7) is 3.98. The second kappa shape index (κ2) is 8.06. The molecule has 0 bridgehead atoms. The van der Waals surface area contributed by atoms with Gasteiger partial charge in [-0.15, -0.1) is 12.4 Å². The summed E-state index contributed by atoms with van der Waals surface area (Å²) in [7, 11) is 1.54. The van der Waals surface area contributed by atoms with Crippen molar-refractivity contribution >= 4 is 24.3 Å². The molecule has 9 heteroatoms. The molecular weight excluding hydrogens is 462 g/mol. The molecule has 2 aromatic carbocycles. The number of pyridine rings is 1. The normalized spacial score (nSPS) is 20.4. The lowest BCUT2D eigenvalue weighted by atomic mass is 9.80. The van der Waals surface area contributed by atoms with E-state index in [-0.39, 0.29) is 41.0 Å². The minimum absolute atomic E-state index is 0. The Morgan fingerprint density at radius 3 is 2.44 bits per heavy atom. The number of likely N-dealkylation sites (N-methyl/N-ethyl adjacent to an activating group) is 1. The van der Waals surface area contributed by atoms with E-state index in [2.05, 4.69) is 9.98 Å². The van der Waals surface area contributed by atoms with Crippen molar-refractivity contribution in [3.63, 3.8) is 0 Å². The maximum absolute atomic E-state index is 14.8. The number of aliphatic imine (C=N–C) groups is 1. The highest BCUT2D eigenvalue weighted by molar-refractivity contribution is 6.09. The fourth-order valence-electron chi connectivity index (χ4n) is 4.56. The van der Waals surface area contributed by atoms with Gasteiger partial charge in [0.05, 0.1) is 0 Å². The standard InChI is InChI=1S/C25H22F2N4O2.ClH/c1-24(2)13-14-11-15(7-9-20(14)33-24)25(22(32)31(3)23(28)30-25)16-6-8-19(26)18(12-16)17-5-4-10-29-21(17)27;/h4-12H,13H2,1-3H3,(H2,28,30);1H. The van der Waals surface area contributed by atoms with E-state index in [1.165, 1.54) is 48.5 Å². The Morgan fingerprint density at radius 1 is 1.06 bits per heavy atom. The Morgan fingerprint density at radius 2 is 1.76 bits per heavy atom. The Bertz CT molecular complexity index is 1340. The summed E-state index contributed by atoms with van der Waals surface area (Å²) < 4.78 is 35.2. The summed E-state index contributed by atoms with van der Waals surface area (Å²) in [5, 5.41) is 0. The number of fused-ring (bicyclic) bond motifs is 1. The number of nitrogens with zero attached hydrogens (tertiary/aromatic N) is 3. The summed E-state index contributed by atoms with van der Waals surface area (Å²) in [5.41, 5.74) is 6.02. The summed E-state index contributed by atoms with van der Waals surface area (Å²) in [6, 6.07) is 12.5. The molecule has 0 fully saturated rings. The lowest BCUT2D eigenvalue weighted by molar-refractivity contribution is -0.129. The molecule has 0 aliphatic carbocycles. The van der Waals surface area contributed by atoms with Gasteiger partial charge >= 0.3 is 0 Å². The first-order chi connectivity index (χ1) is 15.6. The van der Waals surface area contributed by atoms with Crippen molar-refractivity contribution in [3.05, 3.63) is 83.2 Å². The Labute approximate surface area is 201 Å². The van der Waals surface area contributed by atoms with Gasteiger partial charge in [-0.1, -0.05) is 12.1 Å². The predicted molar refractivity (Wildman–Crippen MR) is 127 cm³/mol. The second-order valence-corrected chi connectivity index (χ2v) is 8.94. The first-order valence-corrected chi connectivity index (χ1v) is 10.5. The van der Waals surface area contributed by atoms with Crippen LogP contribution in [0.4, 0.5) is 8.78 Å². The van der Waals surface area contributed by atoms with Crippen LogP contribution in [-0.4, -0.2) is 34.4 Å². The van der Waals surface area contributed by atoms with E-state index in [1.54, 1.807) is 6.07 Å². The van der Waals surface area contributed by atoms with Gasteiger partial charge in [0.25, 0.3) is 5.91 Å².